The molecule has 1 aliphatic rings. The second-order valence-corrected chi connectivity index (χ2v) is 9.14. The Labute approximate surface area is 199 Å². The number of methoxy groups -OCH3 is 1. The van der Waals surface area contributed by atoms with Crippen LogP contribution < -0.4 is 19.6 Å². The van der Waals surface area contributed by atoms with E-state index >= 15 is 0 Å². The number of ketones is 1. The summed E-state index contributed by atoms with van der Waals surface area (Å²) < 4.78 is 7.82. The fourth-order valence-corrected chi connectivity index (χ4v) is 5.55. The van der Waals surface area contributed by atoms with Crippen molar-refractivity contribution >= 4 is 34.0 Å². The van der Waals surface area contributed by atoms with E-state index < -0.39 is 6.04 Å². The normalized spacial score (nSPS) is 15.9. The van der Waals surface area contributed by atoms with E-state index in [0.29, 0.717) is 26.4 Å². The fraction of sp³-hybridized carbons (Fsp3) is 0.148. The van der Waals surface area contributed by atoms with Gasteiger partial charge in [0.1, 0.15) is 11.5 Å². The molecular weight excluding hydrogens is 448 g/mol. The summed E-state index contributed by atoms with van der Waals surface area (Å²) in [6.45, 7) is 3.31. The van der Waals surface area contributed by atoms with Crippen LogP contribution in [-0.2, 0) is 4.79 Å². The van der Waals surface area contributed by atoms with E-state index in [9.17, 15) is 14.7 Å². The molecule has 1 aromatic heterocycles. The van der Waals surface area contributed by atoms with Crippen LogP contribution in [0.5, 0.6) is 11.5 Å². The quantitative estimate of drug-likeness (QED) is 0.493. The third-order valence-electron chi connectivity index (χ3n) is 6.02. The van der Waals surface area contributed by atoms with Crippen LogP contribution in [-0.4, -0.2) is 22.6 Å². The molecule has 0 saturated carbocycles. The Morgan fingerprint density at radius 1 is 1.12 bits per heavy atom. The smallest absolute Gasteiger partial charge is 0.271 e. The van der Waals surface area contributed by atoms with Crippen molar-refractivity contribution in [3.05, 3.63) is 103 Å². The SMILES string of the molecule is COc1ccc2ccccc2c1[C@H]1C(C(C)=O)=C(C)N=c2s/c(=C\c3ccc(O)cc3)c(=O)n21. The average Bonchev–Trinajstić information content (AvgIpc) is 3.13. The number of carbonyl (C=O) groups is 1. The number of aromatic nitrogens is 1. The van der Waals surface area contributed by atoms with Gasteiger partial charge in [-0.15, -0.1) is 0 Å². The van der Waals surface area contributed by atoms with Gasteiger partial charge in [-0.3, -0.25) is 14.2 Å². The highest BCUT2D eigenvalue weighted by Gasteiger charge is 2.33. The molecule has 5 rings (SSSR count). The molecule has 3 aromatic carbocycles. The molecule has 170 valence electrons. The van der Waals surface area contributed by atoms with Crippen molar-refractivity contribution in [1.29, 1.82) is 0 Å². The number of thiazole rings is 1. The number of fused-ring (bicyclic) bond motifs is 2. The molecule has 0 saturated heterocycles. The number of allylic oxidation sites excluding steroid dienone is 2. The molecule has 0 aliphatic carbocycles. The molecule has 2 heterocycles. The summed E-state index contributed by atoms with van der Waals surface area (Å²) in [4.78, 5) is 31.8. The van der Waals surface area contributed by atoms with E-state index in [0.717, 1.165) is 21.9 Å². The summed E-state index contributed by atoms with van der Waals surface area (Å²) in [6.07, 6.45) is 1.77. The van der Waals surface area contributed by atoms with Crippen molar-refractivity contribution in [2.45, 2.75) is 19.9 Å². The highest BCUT2D eigenvalue weighted by Crippen LogP contribution is 2.40. The van der Waals surface area contributed by atoms with Gasteiger partial charge in [-0.1, -0.05) is 53.8 Å². The summed E-state index contributed by atoms with van der Waals surface area (Å²) in [5, 5.41) is 11.5. The molecule has 1 aliphatic heterocycles. The number of nitrogens with zero attached hydrogens (tertiary/aromatic N) is 2. The van der Waals surface area contributed by atoms with E-state index in [2.05, 4.69) is 4.99 Å². The van der Waals surface area contributed by atoms with Crippen LogP contribution in [0.3, 0.4) is 0 Å². The van der Waals surface area contributed by atoms with Gasteiger partial charge in [-0.05, 0) is 54.5 Å². The van der Waals surface area contributed by atoms with E-state index in [1.54, 1.807) is 48.9 Å². The van der Waals surface area contributed by atoms with E-state index in [4.69, 9.17) is 4.74 Å². The monoisotopic (exact) mass is 470 g/mol. The molecule has 0 spiro atoms. The molecule has 4 aromatic rings. The molecule has 6 nitrogen and oxygen atoms in total. The van der Waals surface area contributed by atoms with E-state index in [-0.39, 0.29) is 17.1 Å². The lowest BCUT2D eigenvalue weighted by atomic mass is 9.89. The number of Topliss-reactive ketones (excluding diaryl/α,β-unsaturated/α-hetero) is 1. The molecule has 7 heteroatoms. The van der Waals surface area contributed by atoms with Gasteiger partial charge in [0, 0.05) is 16.8 Å². The Morgan fingerprint density at radius 2 is 1.85 bits per heavy atom. The summed E-state index contributed by atoms with van der Waals surface area (Å²) in [5.74, 6) is 0.614. The lowest BCUT2D eigenvalue weighted by Gasteiger charge is -2.27. The lowest BCUT2D eigenvalue weighted by molar-refractivity contribution is -0.114. The lowest BCUT2D eigenvalue weighted by Crippen LogP contribution is -2.39. The summed E-state index contributed by atoms with van der Waals surface area (Å²) >= 11 is 1.28. The fourth-order valence-electron chi connectivity index (χ4n) is 4.50. The second-order valence-electron chi connectivity index (χ2n) is 8.13. The molecular formula is C27H22N2O4S. The molecule has 1 N–H and O–H groups in total. The van der Waals surface area contributed by atoms with Gasteiger partial charge in [-0.25, -0.2) is 4.99 Å². The minimum Gasteiger partial charge on any atom is -0.508 e. The third-order valence-corrected chi connectivity index (χ3v) is 7.00. The molecule has 1 atom stereocenters. The number of phenols is 1. The van der Waals surface area contributed by atoms with Crippen LogP contribution >= 0.6 is 11.3 Å². The zero-order chi connectivity index (χ0) is 24.0. The third kappa shape index (κ3) is 3.54. The van der Waals surface area contributed by atoms with E-state index in [1.807, 2.05) is 36.4 Å². The topological polar surface area (TPSA) is 80.9 Å². The number of phenolic OH excluding ortho intramolecular Hbond substituents is 1. The van der Waals surface area contributed by atoms with Crippen molar-refractivity contribution in [1.82, 2.24) is 4.57 Å². The molecule has 0 amide bonds. The van der Waals surface area contributed by atoms with Gasteiger partial charge < -0.3 is 9.84 Å². The summed E-state index contributed by atoms with van der Waals surface area (Å²) in [7, 11) is 1.59. The minimum atomic E-state index is -0.670. The number of rotatable bonds is 4. The Balaban J connectivity index is 1.86. The molecule has 34 heavy (non-hydrogen) atoms. The van der Waals surface area contributed by atoms with Crippen LogP contribution in [0.15, 0.2) is 81.7 Å². The number of aromatic hydroxyl groups is 1. The number of hydrogen-bond acceptors (Lipinski definition) is 6. The van der Waals surface area contributed by atoms with Crippen LogP contribution in [0.4, 0.5) is 0 Å². The van der Waals surface area contributed by atoms with Gasteiger partial charge in [0.2, 0.25) is 0 Å². The maximum Gasteiger partial charge on any atom is 0.271 e. The number of benzene rings is 3. The molecule has 0 unspecified atom stereocenters. The van der Waals surface area contributed by atoms with Gasteiger partial charge in [0.25, 0.3) is 5.56 Å². The zero-order valence-corrected chi connectivity index (χ0v) is 19.7. The summed E-state index contributed by atoms with van der Waals surface area (Å²) in [5.41, 5.74) is 2.37. The van der Waals surface area contributed by atoms with Crippen LogP contribution in [0.25, 0.3) is 16.8 Å². The van der Waals surface area contributed by atoms with Gasteiger partial charge in [0.15, 0.2) is 10.6 Å². The van der Waals surface area contributed by atoms with Crippen molar-refractivity contribution in [2.75, 3.05) is 7.11 Å². The number of carbonyl (C=O) groups excluding carboxylic acids is 1. The predicted octanol–water partition coefficient (Wildman–Crippen LogP) is 3.69. The van der Waals surface area contributed by atoms with Crippen molar-refractivity contribution in [2.24, 2.45) is 4.99 Å². The van der Waals surface area contributed by atoms with Crippen molar-refractivity contribution in [3.8, 4) is 11.5 Å². The maximum atomic E-state index is 13.7. The standard InChI is InChI=1S/C27H22N2O4S/c1-15-23(16(2)30)25(24-20-7-5-4-6-18(20)10-13-21(24)33-3)29-26(32)22(34-27(29)28-15)14-17-8-11-19(31)12-9-17/h4-14,25,31H,1-3H3/b22-14-/t25-/m1/s1. The number of hydrogen-bond donors (Lipinski definition) is 1. The largest absolute Gasteiger partial charge is 0.508 e. The Morgan fingerprint density at radius 3 is 2.56 bits per heavy atom. The molecule has 0 fully saturated rings. The Bertz CT molecular complexity index is 1660. The highest BCUT2D eigenvalue weighted by molar-refractivity contribution is 7.07. The highest BCUT2D eigenvalue weighted by atomic mass is 32.1. The first-order valence-electron chi connectivity index (χ1n) is 10.8. The Hall–Kier alpha value is -3.97. The first-order valence-corrected chi connectivity index (χ1v) is 11.6. The first-order chi connectivity index (χ1) is 16.4. The van der Waals surface area contributed by atoms with E-state index in [1.165, 1.54) is 18.3 Å². The van der Waals surface area contributed by atoms with Crippen molar-refractivity contribution in [3.63, 3.8) is 0 Å². The molecule has 0 radical (unpaired) electrons. The van der Waals surface area contributed by atoms with Gasteiger partial charge >= 0.3 is 0 Å². The second kappa shape index (κ2) is 8.43. The van der Waals surface area contributed by atoms with Crippen molar-refractivity contribution < 1.29 is 14.6 Å². The maximum absolute atomic E-state index is 13.7. The van der Waals surface area contributed by atoms with Crippen LogP contribution in [0.1, 0.15) is 31.0 Å². The first kappa shape index (κ1) is 21.9. The summed E-state index contributed by atoms with van der Waals surface area (Å²) in [6, 6.07) is 17.7. The minimum absolute atomic E-state index is 0.144. The average molecular weight is 471 g/mol. The Kier molecular flexibility index (Phi) is 5.42. The predicted molar refractivity (Wildman–Crippen MR) is 133 cm³/mol. The van der Waals surface area contributed by atoms with Crippen LogP contribution in [0, 0.1) is 0 Å². The zero-order valence-electron chi connectivity index (χ0n) is 18.9. The van der Waals surface area contributed by atoms with Gasteiger partial charge in [-0.2, -0.15) is 0 Å². The van der Waals surface area contributed by atoms with Gasteiger partial charge in [0.05, 0.1) is 17.7 Å². The number of ether oxygens (including phenoxy) is 1. The molecule has 0 bridgehead atoms. The van der Waals surface area contributed by atoms with Crippen LogP contribution in [0.2, 0.25) is 0 Å².